The highest BCUT2D eigenvalue weighted by atomic mass is 32.1. The molecule has 0 saturated heterocycles. The number of carbonyl (C=O) groups excluding carboxylic acids is 2. The van der Waals surface area contributed by atoms with E-state index in [0.29, 0.717) is 23.8 Å². The topological polar surface area (TPSA) is 71.5 Å². The average molecular weight is 400 g/mol. The predicted octanol–water partition coefficient (Wildman–Crippen LogP) is 3.67. The van der Waals surface area contributed by atoms with Gasteiger partial charge in [-0.15, -0.1) is 11.3 Å². The number of methoxy groups -OCH3 is 1. The van der Waals surface area contributed by atoms with E-state index in [9.17, 15) is 9.59 Å². The Balaban J connectivity index is 1.81. The molecule has 2 aromatic rings. The number of carbonyl (C=O) groups is 2. The van der Waals surface area contributed by atoms with Gasteiger partial charge in [0.1, 0.15) is 0 Å². The highest BCUT2D eigenvalue weighted by molar-refractivity contribution is 7.13. The molecule has 1 fully saturated rings. The summed E-state index contributed by atoms with van der Waals surface area (Å²) < 4.78 is 5.29. The highest BCUT2D eigenvalue weighted by Gasteiger charge is 2.54. The summed E-state index contributed by atoms with van der Waals surface area (Å²) in [5.41, 5.74) is 0.940. The quantitative estimate of drug-likeness (QED) is 0.833. The second kappa shape index (κ2) is 8.01. The summed E-state index contributed by atoms with van der Waals surface area (Å²) in [5, 5.41) is 5.43. The van der Waals surface area contributed by atoms with Crippen molar-refractivity contribution in [1.82, 2.24) is 9.88 Å². The van der Waals surface area contributed by atoms with Gasteiger partial charge >= 0.3 is 0 Å². The zero-order chi connectivity index (χ0) is 19.6. The van der Waals surface area contributed by atoms with Gasteiger partial charge in [-0.1, -0.05) is 37.5 Å². The van der Waals surface area contributed by atoms with E-state index in [1.807, 2.05) is 34.5 Å². The molecule has 28 heavy (non-hydrogen) atoms. The second-order valence-corrected chi connectivity index (χ2v) is 8.36. The van der Waals surface area contributed by atoms with Crippen LogP contribution in [0.5, 0.6) is 0 Å². The van der Waals surface area contributed by atoms with Crippen molar-refractivity contribution in [2.45, 2.75) is 43.6 Å². The maximum Gasteiger partial charge on any atom is 0.254 e. The smallest absolute Gasteiger partial charge is 0.254 e. The standard InChI is InChI=1S/C21H25N3O3S/c1-27-13-12-24-19(26)16-8-4-3-7-15(16)17(21(24)9-5-2-6-10-21)18(25)23-20-22-11-14-28-20/h3-4,7-8,11,14,17H,2,5-6,9-10,12-13H2,1H3,(H,22,23,25)/t17-/m1/s1. The summed E-state index contributed by atoms with van der Waals surface area (Å²) in [6, 6.07) is 7.54. The van der Waals surface area contributed by atoms with E-state index in [-0.39, 0.29) is 11.8 Å². The number of rotatable bonds is 5. The molecule has 1 aromatic carbocycles. The van der Waals surface area contributed by atoms with Crippen LogP contribution in [0.15, 0.2) is 35.8 Å². The van der Waals surface area contributed by atoms with Crippen molar-refractivity contribution in [2.24, 2.45) is 0 Å². The molecule has 1 spiro atoms. The molecule has 0 bridgehead atoms. The van der Waals surface area contributed by atoms with Gasteiger partial charge in [-0.25, -0.2) is 4.98 Å². The number of hydrogen-bond donors (Lipinski definition) is 1. The summed E-state index contributed by atoms with van der Waals surface area (Å²) >= 11 is 1.40. The van der Waals surface area contributed by atoms with Crippen LogP contribution in [-0.4, -0.2) is 47.5 Å². The summed E-state index contributed by atoms with van der Waals surface area (Å²) in [6.07, 6.45) is 6.50. The van der Waals surface area contributed by atoms with Crippen LogP contribution in [0.25, 0.3) is 0 Å². The lowest BCUT2D eigenvalue weighted by Crippen LogP contribution is -2.62. The summed E-state index contributed by atoms with van der Waals surface area (Å²) in [5.74, 6) is -0.491. The molecular formula is C21H25N3O3S. The van der Waals surface area contributed by atoms with Gasteiger partial charge in [-0.2, -0.15) is 0 Å². The van der Waals surface area contributed by atoms with E-state index in [4.69, 9.17) is 4.74 Å². The number of hydrogen-bond acceptors (Lipinski definition) is 5. The Bertz CT molecular complexity index is 846. The van der Waals surface area contributed by atoms with Crippen LogP contribution < -0.4 is 5.32 Å². The van der Waals surface area contributed by atoms with E-state index in [0.717, 1.165) is 37.7 Å². The number of fused-ring (bicyclic) bond motifs is 1. The van der Waals surface area contributed by atoms with E-state index in [1.165, 1.54) is 11.3 Å². The third-order valence-corrected chi connectivity index (χ3v) is 6.67. The Morgan fingerprint density at radius 2 is 2.11 bits per heavy atom. The summed E-state index contributed by atoms with van der Waals surface area (Å²) in [7, 11) is 1.64. The zero-order valence-corrected chi connectivity index (χ0v) is 16.8. The van der Waals surface area contributed by atoms with Gasteiger partial charge in [0.25, 0.3) is 5.91 Å². The maximum absolute atomic E-state index is 13.5. The monoisotopic (exact) mass is 399 g/mol. The molecule has 2 amide bonds. The molecule has 1 atom stereocenters. The van der Waals surface area contributed by atoms with Gasteiger partial charge < -0.3 is 15.0 Å². The molecule has 6 nitrogen and oxygen atoms in total. The molecule has 2 heterocycles. The summed E-state index contributed by atoms with van der Waals surface area (Å²) in [4.78, 5) is 33.1. The number of anilines is 1. The largest absolute Gasteiger partial charge is 0.383 e. The molecule has 1 saturated carbocycles. The van der Waals surface area contributed by atoms with Crippen LogP contribution in [0.1, 0.15) is 53.9 Å². The number of benzene rings is 1. The molecule has 1 aliphatic carbocycles. The van der Waals surface area contributed by atoms with Crippen LogP contribution >= 0.6 is 11.3 Å². The minimum absolute atomic E-state index is 0.00727. The Morgan fingerprint density at radius 1 is 1.32 bits per heavy atom. The third kappa shape index (κ3) is 3.22. The number of nitrogens with zero attached hydrogens (tertiary/aromatic N) is 2. The van der Waals surface area contributed by atoms with Gasteiger partial charge in [-0.3, -0.25) is 9.59 Å². The minimum Gasteiger partial charge on any atom is -0.383 e. The van der Waals surface area contributed by atoms with Gasteiger partial charge in [0, 0.05) is 30.8 Å². The van der Waals surface area contributed by atoms with Crippen LogP contribution in [0.2, 0.25) is 0 Å². The Labute approximate surface area is 168 Å². The van der Waals surface area contributed by atoms with Gasteiger partial charge in [0.05, 0.1) is 18.1 Å². The molecule has 0 unspecified atom stereocenters. The van der Waals surface area contributed by atoms with Crippen LogP contribution in [0.4, 0.5) is 5.13 Å². The molecule has 7 heteroatoms. The fourth-order valence-electron chi connectivity index (χ4n) is 4.81. The number of ether oxygens (including phenoxy) is 1. The molecule has 1 aromatic heterocycles. The first-order valence-corrected chi connectivity index (χ1v) is 10.7. The Morgan fingerprint density at radius 3 is 2.82 bits per heavy atom. The van der Waals surface area contributed by atoms with Crippen LogP contribution in [0.3, 0.4) is 0 Å². The molecule has 2 aliphatic rings. The van der Waals surface area contributed by atoms with Crippen molar-refractivity contribution in [1.29, 1.82) is 0 Å². The van der Waals surface area contributed by atoms with E-state index < -0.39 is 11.5 Å². The van der Waals surface area contributed by atoms with Crippen molar-refractivity contribution in [3.05, 3.63) is 47.0 Å². The van der Waals surface area contributed by atoms with E-state index in [2.05, 4.69) is 10.3 Å². The van der Waals surface area contributed by atoms with Crippen LogP contribution in [-0.2, 0) is 9.53 Å². The van der Waals surface area contributed by atoms with Gasteiger partial charge in [0.15, 0.2) is 5.13 Å². The minimum atomic E-state index is -0.510. The lowest BCUT2D eigenvalue weighted by Gasteiger charge is -2.53. The SMILES string of the molecule is COCCN1C(=O)c2ccccc2[C@H](C(=O)Nc2nccs2)C12CCCCC2. The predicted molar refractivity (Wildman–Crippen MR) is 109 cm³/mol. The normalized spacial score (nSPS) is 20.8. The third-order valence-electron chi connectivity index (χ3n) is 5.99. The number of amides is 2. The fourth-order valence-corrected chi connectivity index (χ4v) is 5.35. The molecule has 1 N–H and O–H groups in total. The summed E-state index contributed by atoms with van der Waals surface area (Å²) in [6.45, 7) is 0.946. The zero-order valence-electron chi connectivity index (χ0n) is 16.0. The number of thiazole rings is 1. The Hall–Kier alpha value is -2.25. The first-order chi connectivity index (χ1) is 13.7. The van der Waals surface area contributed by atoms with Crippen molar-refractivity contribution >= 4 is 28.3 Å². The fraction of sp³-hybridized carbons (Fsp3) is 0.476. The maximum atomic E-state index is 13.5. The lowest BCUT2D eigenvalue weighted by molar-refractivity contribution is -0.122. The lowest BCUT2D eigenvalue weighted by atomic mass is 9.65. The molecular weight excluding hydrogens is 374 g/mol. The van der Waals surface area contributed by atoms with E-state index in [1.54, 1.807) is 13.3 Å². The molecule has 148 valence electrons. The van der Waals surface area contributed by atoms with Gasteiger partial charge in [-0.05, 0) is 24.5 Å². The Kier molecular flexibility index (Phi) is 5.46. The number of aromatic nitrogens is 1. The second-order valence-electron chi connectivity index (χ2n) is 7.46. The van der Waals surface area contributed by atoms with Crippen molar-refractivity contribution < 1.29 is 14.3 Å². The average Bonchev–Trinajstić information content (AvgIpc) is 3.22. The van der Waals surface area contributed by atoms with Crippen LogP contribution in [0, 0.1) is 0 Å². The first-order valence-electron chi connectivity index (χ1n) is 9.77. The number of nitrogens with one attached hydrogen (secondary N) is 1. The van der Waals surface area contributed by atoms with E-state index >= 15 is 0 Å². The molecule has 4 rings (SSSR count). The van der Waals surface area contributed by atoms with Crippen molar-refractivity contribution in [3.63, 3.8) is 0 Å². The van der Waals surface area contributed by atoms with Gasteiger partial charge in [0.2, 0.25) is 5.91 Å². The molecule has 1 aliphatic heterocycles. The van der Waals surface area contributed by atoms with Crippen molar-refractivity contribution in [2.75, 3.05) is 25.6 Å². The first kappa shape index (κ1) is 19.1. The van der Waals surface area contributed by atoms with Crippen molar-refractivity contribution in [3.8, 4) is 0 Å². The molecule has 0 radical (unpaired) electrons. The highest BCUT2D eigenvalue weighted by Crippen LogP contribution is 2.49.